The monoisotopic (exact) mass is 259 g/mol. The molecule has 0 spiro atoms. The molecular weight excluding hydrogens is 243 g/mol. The first kappa shape index (κ1) is 15.4. The molecule has 0 heterocycles. The maximum absolute atomic E-state index is 11.8. The summed E-state index contributed by atoms with van der Waals surface area (Å²) in [5.74, 6) is -0.233. The van der Waals surface area contributed by atoms with E-state index in [0.717, 1.165) is 0 Å². The molecule has 0 aromatic carbocycles. The Kier molecular flexibility index (Phi) is 5.44. The summed E-state index contributed by atoms with van der Waals surface area (Å²) in [5.41, 5.74) is -4.93. The lowest BCUT2D eigenvalue weighted by atomic mass is 10.2. The highest BCUT2D eigenvalue weighted by molar-refractivity contribution is 8.00. The Bertz CT molecular complexity index is 238. The first-order valence-corrected chi connectivity index (χ1v) is 5.68. The molecule has 0 radical (unpaired) electrons. The number of alkyl carbamates (subject to hydrolysis) is 1. The third-order valence-corrected chi connectivity index (χ3v) is 2.25. The minimum Gasteiger partial charge on any atom is -0.444 e. The van der Waals surface area contributed by atoms with Crippen molar-refractivity contribution < 1.29 is 22.7 Å². The first-order valence-electron chi connectivity index (χ1n) is 4.70. The summed E-state index contributed by atoms with van der Waals surface area (Å²) in [6.45, 7) is 6.54. The van der Waals surface area contributed by atoms with E-state index in [0.29, 0.717) is 0 Å². The van der Waals surface area contributed by atoms with Gasteiger partial charge in [-0.1, -0.05) is 0 Å². The standard InChI is InChI=1S/C9H16F3NO2S/c1-6(5-16-9(10,11)12)13-7(14)15-8(2,3)4/h6H,5H2,1-4H3,(H,13,14)/t6-/m0/s1. The van der Waals surface area contributed by atoms with E-state index in [1.807, 2.05) is 0 Å². The van der Waals surface area contributed by atoms with Crippen molar-refractivity contribution in [1.29, 1.82) is 0 Å². The average molecular weight is 259 g/mol. The molecule has 1 atom stereocenters. The number of alkyl halides is 3. The van der Waals surface area contributed by atoms with Gasteiger partial charge >= 0.3 is 11.6 Å². The minimum atomic E-state index is -4.27. The zero-order valence-electron chi connectivity index (χ0n) is 9.64. The van der Waals surface area contributed by atoms with Crippen LogP contribution >= 0.6 is 11.8 Å². The number of rotatable bonds is 3. The van der Waals surface area contributed by atoms with Gasteiger partial charge in [-0.3, -0.25) is 0 Å². The smallest absolute Gasteiger partial charge is 0.441 e. The fourth-order valence-electron chi connectivity index (χ4n) is 0.770. The highest BCUT2D eigenvalue weighted by atomic mass is 32.2. The number of hydrogen-bond acceptors (Lipinski definition) is 3. The fourth-order valence-corrected chi connectivity index (χ4v) is 1.29. The molecule has 0 aromatic heterocycles. The maximum Gasteiger partial charge on any atom is 0.441 e. The van der Waals surface area contributed by atoms with Crippen LogP contribution in [0.4, 0.5) is 18.0 Å². The molecule has 16 heavy (non-hydrogen) atoms. The van der Waals surface area contributed by atoms with E-state index in [2.05, 4.69) is 5.32 Å². The average Bonchev–Trinajstić information content (AvgIpc) is 1.95. The van der Waals surface area contributed by atoms with Gasteiger partial charge in [0.05, 0.1) is 0 Å². The largest absolute Gasteiger partial charge is 0.444 e. The van der Waals surface area contributed by atoms with Gasteiger partial charge < -0.3 is 10.1 Å². The van der Waals surface area contributed by atoms with Crippen LogP contribution in [0.3, 0.4) is 0 Å². The lowest BCUT2D eigenvalue weighted by Gasteiger charge is -2.22. The highest BCUT2D eigenvalue weighted by Crippen LogP contribution is 2.30. The van der Waals surface area contributed by atoms with E-state index in [1.54, 1.807) is 20.8 Å². The van der Waals surface area contributed by atoms with E-state index in [1.165, 1.54) is 6.92 Å². The maximum atomic E-state index is 11.8. The lowest BCUT2D eigenvalue weighted by Crippen LogP contribution is -2.39. The van der Waals surface area contributed by atoms with Gasteiger partial charge in [0, 0.05) is 11.8 Å². The quantitative estimate of drug-likeness (QED) is 0.846. The Labute approximate surface area is 97.1 Å². The van der Waals surface area contributed by atoms with Crippen LogP contribution in [-0.2, 0) is 4.74 Å². The topological polar surface area (TPSA) is 38.3 Å². The number of hydrogen-bond donors (Lipinski definition) is 1. The van der Waals surface area contributed by atoms with Gasteiger partial charge in [0.1, 0.15) is 5.60 Å². The van der Waals surface area contributed by atoms with E-state index in [9.17, 15) is 18.0 Å². The van der Waals surface area contributed by atoms with Gasteiger partial charge in [-0.05, 0) is 39.5 Å². The normalized spacial score (nSPS) is 14.4. The SMILES string of the molecule is C[C@@H](CSC(F)(F)F)NC(=O)OC(C)(C)C. The molecule has 0 aromatic rings. The van der Waals surface area contributed by atoms with Crippen LogP contribution in [0.1, 0.15) is 27.7 Å². The molecule has 0 aliphatic rings. The minimum absolute atomic E-state index is 0.169. The van der Waals surface area contributed by atoms with Crippen LogP contribution in [0.2, 0.25) is 0 Å². The predicted molar refractivity (Wildman–Crippen MR) is 57.3 cm³/mol. The number of halogens is 3. The van der Waals surface area contributed by atoms with Gasteiger partial charge in [-0.15, -0.1) is 0 Å². The summed E-state index contributed by atoms with van der Waals surface area (Å²) in [4.78, 5) is 11.2. The summed E-state index contributed by atoms with van der Waals surface area (Å²) >= 11 is -0.169. The lowest BCUT2D eigenvalue weighted by molar-refractivity contribution is -0.0329. The molecule has 7 heteroatoms. The van der Waals surface area contributed by atoms with E-state index >= 15 is 0 Å². The van der Waals surface area contributed by atoms with Gasteiger partial charge in [-0.2, -0.15) is 13.2 Å². The van der Waals surface area contributed by atoms with E-state index < -0.39 is 23.2 Å². The second-order valence-electron chi connectivity index (χ2n) is 4.30. The van der Waals surface area contributed by atoms with Gasteiger partial charge in [-0.25, -0.2) is 4.79 Å². The second kappa shape index (κ2) is 5.65. The van der Waals surface area contributed by atoms with Crippen molar-refractivity contribution in [2.24, 2.45) is 0 Å². The molecule has 1 N–H and O–H groups in total. The molecule has 0 bridgehead atoms. The summed E-state index contributed by atoms with van der Waals surface area (Å²) < 4.78 is 40.4. The van der Waals surface area contributed by atoms with Crippen molar-refractivity contribution in [3.05, 3.63) is 0 Å². The third-order valence-electron chi connectivity index (χ3n) is 1.26. The van der Waals surface area contributed by atoms with Crippen LogP contribution in [-0.4, -0.2) is 29.0 Å². The Morgan fingerprint density at radius 1 is 1.38 bits per heavy atom. The Morgan fingerprint density at radius 3 is 2.25 bits per heavy atom. The molecule has 0 fully saturated rings. The van der Waals surface area contributed by atoms with E-state index in [-0.39, 0.29) is 17.5 Å². The molecule has 0 aliphatic carbocycles. The zero-order valence-corrected chi connectivity index (χ0v) is 10.5. The number of nitrogens with one attached hydrogen (secondary N) is 1. The molecule has 96 valence electrons. The number of thioether (sulfide) groups is 1. The fraction of sp³-hybridized carbons (Fsp3) is 0.889. The van der Waals surface area contributed by atoms with Crippen LogP contribution in [0.25, 0.3) is 0 Å². The van der Waals surface area contributed by atoms with Crippen molar-refractivity contribution in [2.75, 3.05) is 5.75 Å². The zero-order chi connectivity index (χ0) is 13.0. The Balaban J connectivity index is 3.88. The summed E-state index contributed by atoms with van der Waals surface area (Å²) in [5, 5.41) is 2.33. The summed E-state index contributed by atoms with van der Waals surface area (Å²) in [6.07, 6.45) is -0.706. The summed E-state index contributed by atoms with van der Waals surface area (Å²) in [7, 11) is 0. The van der Waals surface area contributed by atoms with Crippen LogP contribution < -0.4 is 5.32 Å². The van der Waals surface area contributed by atoms with Crippen molar-refractivity contribution in [2.45, 2.75) is 44.8 Å². The molecular formula is C9H16F3NO2S. The molecule has 3 nitrogen and oxygen atoms in total. The number of carbonyl (C=O) groups is 1. The van der Waals surface area contributed by atoms with Gasteiger partial charge in [0.2, 0.25) is 0 Å². The third kappa shape index (κ3) is 9.95. The molecule has 0 rings (SSSR count). The van der Waals surface area contributed by atoms with Crippen molar-refractivity contribution in [1.82, 2.24) is 5.32 Å². The molecule has 0 saturated carbocycles. The van der Waals surface area contributed by atoms with Gasteiger partial charge in [0.25, 0.3) is 0 Å². The number of amides is 1. The highest BCUT2D eigenvalue weighted by Gasteiger charge is 2.29. The van der Waals surface area contributed by atoms with E-state index in [4.69, 9.17) is 4.74 Å². The van der Waals surface area contributed by atoms with Crippen LogP contribution in [0.15, 0.2) is 0 Å². The van der Waals surface area contributed by atoms with Crippen LogP contribution in [0.5, 0.6) is 0 Å². The van der Waals surface area contributed by atoms with Crippen molar-refractivity contribution in [3.8, 4) is 0 Å². The predicted octanol–water partition coefficient (Wildman–Crippen LogP) is 3.15. The summed E-state index contributed by atoms with van der Waals surface area (Å²) in [6, 6.07) is -0.596. The number of ether oxygens (including phenoxy) is 1. The van der Waals surface area contributed by atoms with Crippen molar-refractivity contribution in [3.63, 3.8) is 0 Å². The van der Waals surface area contributed by atoms with Crippen LogP contribution in [0, 0.1) is 0 Å². The number of carbonyl (C=O) groups excluding carboxylic acids is 1. The molecule has 0 saturated heterocycles. The Hall–Kier alpha value is -0.590. The Morgan fingerprint density at radius 2 is 1.88 bits per heavy atom. The second-order valence-corrected chi connectivity index (χ2v) is 5.39. The van der Waals surface area contributed by atoms with Crippen molar-refractivity contribution >= 4 is 17.9 Å². The first-order chi connectivity index (χ1) is 6.99. The molecule has 0 aliphatic heterocycles. The molecule has 1 amide bonds. The van der Waals surface area contributed by atoms with Gasteiger partial charge in [0.15, 0.2) is 0 Å². The molecule has 0 unspecified atom stereocenters.